The molecule has 1 fully saturated rings. The molecule has 1 aromatic carbocycles. The van der Waals surface area contributed by atoms with E-state index in [9.17, 15) is 27.6 Å². The fourth-order valence-electron chi connectivity index (χ4n) is 2.93. The lowest BCUT2D eigenvalue weighted by atomic mass is 10.0. The number of aromatic nitrogens is 1. The Morgan fingerprint density at radius 2 is 2.00 bits per heavy atom. The normalized spacial score (nSPS) is 18.6. The van der Waals surface area contributed by atoms with E-state index in [1.807, 2.05) is 6.07 Å². The Hall–Kier alpha value is -2.70. The molecule has 1 saturated heterocycles. The van der Waals surface area contributed by atoms with E-state index in [4.69, 9.17) is 0 Å². The molecule has 0 aliphatic carbocycles. The van der Waals surface area contributed by atoms with Crippen LogP contribution in [0, 0.1) is 11.3 Å². The molecule has 5 nitrogen and oxygen atoms in total. The number of hydrogen-bond donors (Lipinski definition) is 2. The zero-order valence-corrected chi connectivity index (χ0v) is 15.8. The van der Waals surface area contributed by atoms with Crippen LogP contribution in [0.2, 0.25) is 0 Å². The third kappa shape index (κ3) is 5.43. The van der Waals surface area contributed by atoms with Crippen molar-refractivity contribution in [2.45, 2.75) is 31.4 Å². The molecule has 2 aromatic rings. The molecular formula is C19H17ClF4N4O. The molecule has 29 heavy (non-hydrogen) atoms. The van der Waals surface area contributed by atoms with Crippen molar-refractivity contribution >= 4 is 18.3 Å². The minimum Gasteiger partial charge on any atom is -0.351 e. The number of amides is 1. The maximum atomic E-state index is 13.2. The summed E-state index contributed by atoms with van der Waals surface area (Å²) in [4.78, 5) is 16.2. The summed E-state index contributed by atoms with van der Waals surface area (Å²) in [6.45, 7) is 0.141. The van der Waals surface area contributed by atoms with E-state index in [0.717, 1.165) is 12.1 Å². The molecule has 2 unspecified atom stereocenters. The molecule has 10 heteroatoms. The first kappa shape index (κ1) is 22.6. The zero-order chi connectivity index (χ0) is 20.3. The number of nitrogens with zero attached hydrogens (tertiary/aromatic N) is 2. The topological polar surface area (TPSA) is 77.8 Å². The second kappa shape index (κ2) is 9.20. The number of carbonyl (C=O) groups is 1. The predicted octanol–water partition coefficient (Wildman–Crippen LogP) is 3.38. The van der Waals surface area contributed by atoms with Crippen LogP contribution in [0.3, 0.4) is 0 Å². The molecule has 1 amide bonds. The van der Waals surface area contributed by atoms with Crippen LogP contribution in [0.15, 0.2) is 36.5 Å². The number of nitrogens with one attached hydrogen (secondary N) is 2. The Labute approximate surface area is 170 Å². The number of halogens is 5. The van der Waals surface area contributed by atoms with Gasteiger partial charge in [-0.05, 0) is 23.8 Å². The number of rotatable bonds is 4. The Morgan fingerprint density at radius 3 is 2.55 bits per heavy atom. The molecule has 154 valence electrons. The van der Waals surface area contributed by atoms with Crippen molar-refractivity contribution in [2.75, 3.05) is 6.54 Å². The van der Waals surface area contributed by atoms with Gasteiger partial charge in [0.2, 0.25) is 5.91 Å². The van der Waals surface area contributed by atoms with Crippen molar-refractivity contribution in [3.8, 4) is 17.3 Å². The van der Waals surface area contributed by atoms with Crippen molar-refractivity contribution in [3.05, 3.63) is 53.2 Å². The van der Waals surface area contributed by atoms with Crippen LogP contribution in [0.25, 0.3) is 11.3 Å². The highest BCUT2D eigenvalue weighted by molar-refractivity contribution is 5.85. The third-order valence-corrected chi connectivity index (χ3v) is 4.46. The number of nitriles is 1. The molecule has 2 N–H and O–H groups in total. The van der Waals surface area contributed by atoms with E-state index in [1.54, 1.807) is 6.07 Å². The van der Waals surface area contributed by atoms with Gasteiger partial charge >= 0.3 is 6.18 Å². The summed E-state index contributed by atoms with van der Waals surface area (Å²) in [5.74, 6) is -0.378. The summed E-state index contributed by atoms with van der Waals surface area (Å²) in [6, 6.07) is 7.38. The van der Waals surface area contributed by atoms with E-state index < -0.39 is 24.0 Å². The minimum atomic E-state index is -4.43. The van der Waals surface area contributed by atoms with Gasteiger partial charge in [0.25, 0.3) is 0 Å². The van der Waals surface area contributed by atoms with Crippen molar-refractivity contribution < 1.29 is 22.4 Å². The van der Waals surface area contributed by atoms with Gasteiger partial charge < -0.3 is 10.6 Å². The van der Waals surface area contributed by atoms with Gasteiger partial charge in [-0.25, -0.2) is 4.39 Å². The smallest absolute Gasteiger partial charge is 0.351 e. The van der Waals surface area contributed by atoms with Gasteiger partial charge in [0, 0.05) is 31.3 Å². The zero-order valence-electron chi connectivity index (χ0n) is 15.0. The molecule has 2 atom stereocenters. The second-order valence-corrected chi connectivity index (χ2v) is 6.43. The average Bonchev–Trinajstić information content (AvgIpc) is 3.11. The van der Waals surface area contributed by atoms with Crippen molar-refractivity contribution in [3.63, 3.8) is 0 Å². The summed E-state index contributed by atoms with van der Waals surface area (Å²) in [5.41, 5.74) is 0.754. The Bertz CT molecular complexity index is 912. The van der Waals surface area contributed by atoms with Crippen LogP contribution >= 0.6 is 12.4 Å². The summed E-state index contributed by atoms with van der Waals surface area (Å²) in [6.07, 6.45) is -4.11. The second-order valence-electron chi connectivity index (χ2n) is 6.43. The van der Waals surface area contributed by atoms with Gasteiger partial charge in [0.1, 0.15) is 12.2 Å². The molecular weight excluding hydrogens is 412 g/mol. The van der Waals surface area contributed by atoms with Crippen LogP contribution in [-0.4, -0.2) is 29.6 Å². The average molecular weight is 429 g/mol. The fourth-order valence-corrected chi connectivity index (χ4v) is 2.93. The summed E-state index contributed by atoms with van der Waals surface area (Å²) >= 11 is 0. The summed E-state index contributed by atoms with van der Waals surface area (Å²) < 4.78 is 51.3. The van der Waals surface area contributed by atoms with Crippen LogP contribution in [0.1, 0.15) is 23.1 Å². The predicted molar refractivity (Wildman–Crippen MR) is 99.8 cm³/mol. The van der Waals surface area contributed by atoms with Crippen LogP contribution < -0.4 is 10.6 Å². The Kier molecular flexibility index (Phi) is 7.16. The van der Waals surface area contributed by atoms with E-state index in [0.29, 0.717) is 16.8 Å². The highest BCUT2D eigenvalue weighted by atomic mass is 35.5. The molecule has 1 aliphatic rings. The van der Waals surface area contributed by atoms with Crippen molar-refractivity contribution in [2.24, 2.45) is 0 Å². The third-order valence-electron chi connectivity index (χ3n) is 4.46. The maximum Gasteiger partial charge on any atom is 0.416 e. The van der Waals surface area contributed by atoms with Gasteiger partial charge in [-0.1, -0.05) is 12.1 Å². The largest absolute Gasteiger partial charge is 0.416 e. The molecule has 1 aromatic heterocycles. The monoisotopic (exact) mass is 428 g/mol. The van der Waals surface area contributed by atoms with E-state index in [-0.39, 0.29) is 43.4 Å². The van der Waals surface area contributed by atoms with Gasteiger partial charge in [-0.2, -0.15) is 18.4 Å². The van der Waals surface area contributed by atoms with Gasteiger partial charge in [0.15, 0.2) is 0 Å². The first-order valence-electron chi connectivity index (χ1n) is 8.49. The molecule has 0 radical (unpaired) electrons. The van der Waals surface area contributed by atoms with Crippen molar-refractivity contribution in [1.29, 1.82) is 5.26 Å². The van der Waals surface area contributed by atoms with Gasteiger partial charge in [-0.15, -0.1) is 12.4 Å². The van der Waals surface area contributed by atoms with Crippen molar-refractivity contribution in [1.82, 2.24) is 15.6 Å². The summed E-state index contributed by atoms with van der Waals surface area (Å²) in [5, 5.41) is 14.6. The number of benzene rings is 1. The molecule has 1 aliphatic heterocycles. The standard InChI is InChI=1S/C19H16F4N4O.ClH/c20-15-6-17(26-10-15)18(28)27-8-12-5-16(25-9-13(12)7-24)11-1-3-14(4-2-11)19(21,22)23;/h1-5,9,15,17,26H,6,8,10H2,(H,27,28);1H. The minimum absolute atomic E-state index is 0. The van der Waals surface area contributed by atoms with Crippen LogP contribution in [-0.2, 0) is 17.5 Å². The molecule has 0 spiro atoms. The van der Waals surface area contributed by atoms with E-state index >= 15 is 0 Å². The van der Waals surface area contributed by atoms with Gasteiger partial charge in [-0.3, -0.25) is 9.78 Å². The SMILES string of the molecule is Cl.N#Cc1cnc(-c2ccc(C(F)(F)F)cc2)cc1CNC(=O)C1CC(F)CN1. The molecule has 2 heterocycles. The maximum absolute atomic E-state index is 13.2. The van der Waals surface area contributed by atoms with Crippen LogP contribution in [0.4, 0.5) is 17.6 Å². The highest BCUT2D eigenvalue weighted by Crippen LogP contribution is 2.30. The fraction of sp³-hybridized carbons (Fsp3) is 0.316. The molecule has 3 rings (SSSR count). The Morgan fingerprint density at radius 1 is 1.31 bits per heavy atom. The lowest BCUT2D eigenvalue weighted by Crippen LogP contribution is -2.40. The highest BCUT2D eigenvalue weighted by Gasteiger charge is 2.30. The lowest BCUT2D eigenvalue weighted by Gasteiger charge is -2.13. The van der Waals surface area contributed by atoms with Gasteiger partial charge in [0.05, 0.1) is 22.9 Å². The lowest BCUT2D eigenvalue weighted by molar-refractivity contribution is -0.137. The quantitative estimate of drug-likeness (QED) is 0.732. The first-order valence-corrected chi connectivity index (χ1v) is 8.49. The van der Waals surface area contributed by atoms with Crippen LogP contribution in [0.5, 0.6) is 0 Å². The molecule has 0 bridgehead atoms. The van der Waals surface area contributed by atoms with E-state index in [2.05, 4.69) is 15.6 Å². The Balaban J connectivity index is 0.00000300. The number of carbonyl (C=O) groups excluding carboxylic acids is 1. The first-order chi connectivity index (χ1) is 13.3. The number of alkyl halides is 4. The molecule has 0 saturated carbocycles. The number of pyridine rings is 1. The summed E-state index contributed by atoms with van der Waals surface area (Å²) in [7, 11) is 0. The number of hydrogen-bond acceptors (Lipinski definition) is 4. The van der Waals surface area contributed by atoms with E-state index in [1.165, 1.54) is 18.3 Å².